The van der Waals surface area contributed by atoms with Crippen molar-refractivity contribution < 1.29 is 14.7 Å². The fourth-order valence-corrected chi connectivity index (χ4v) is 8.30. The van der Waals surface area contributed by atoms with Gasteiger partial charge in [-0.05, 0) is 85.5 Å². The maximum Gasteiger partial charge on any atom is 0.306 e. The number of carboxylic acid groups (broad SMARTS) is 1. The van der Waals surface area contributed by atoms with Crippen LogP contribution in [0.25, 0.3) is 0 Å². The average molecular weight is 403 g/mol. The third-order valence-corrected chi connectivity index (χ3v) is 9.71. The summed E-state index contributed by atoms with van der Waals surface area (Å²) in [6.07, 6.45) is 11.3. The molecule has 3 nitrogen and oxygen atoms in total. The van der Waals surface area contributed by atoms with Crippen LogP contribution in [0, 0.1) is 46.3 Å². The van der Waals surface area contributed by atoms with Crippen LogP contribution < -0.4 is 0 Å². The van der Waals surface area contributed by atoms with Crippen molar-refractivity contribution in [2.24, 2.45) is 46.3 Å². The molecule has 8 atom stereocenters. The number of hydrogen-bond acceptors (Lipinski definition) is 2. The Morgan fingerprint density at radius 2 is 1.69 bits per heavy atom. The van der Waals surface area contributed by atoms with Gasteiger partial charge in [-0.1, -0.05) is 53.5 Å². The van der Waals surface area contributed by atoms with E-state index in [-0.39, 0.29) is 28.6 Å². The molecule has 0 spiro atoms. The van der Waals surface area contributed by atoms with E-state index in [1.165, 1.54) is 25.7 Å². The Hall–Kier alpha value is -1.12. The van der Waals surface area contributed by atoms with Crippen molar-refractivity contribution in [3.8, 4) is 0 Å². The van der Waals surface area contributed by atoms with Gasteiger partial charge in [-0.25, -0.2) is 0 Å². The maximum atomic E-state index is 13.7. The summed E-state index contributed by atoms with van der Waals surface area (Å²) in [5, 5.41) is 9.63. The van der Waals surface area contributed by atoms with E-state index in [4.69, 9.17) is 0 Å². The van der Waals surface area contributed by atoms with Crippen molar-refractivity contribution in [2.45, 2.75) is 92.9 Å². The van der Waals surface area contributed by atoms with E-state index >= 15 is 0 Å². The molecular formula is C26H42O3. The normalized spacial score (nSPS) is 46.1. The topological polar surface area (TPSA) is 54.4 Å². The number of ketones is 1. The van der Waals surface area contributed by atoms with Gasteiger partial charge in [0.1, 0.15) is 0 Å². The second-order valence-corrected chi connectivity index (χ2v) is 10.5. The van der Waals surface area contributed by atoms with Crippen LogP contribution in [-0.4, -0.2) is 16.9 Å². The third-order valence-electron chi connectivity index (χ3n) is 9.71. The largest absolute Gasteiger partial charge is 0.481 e. The van der Waals surface area contributed by atoms with E-state index in [0.717, 1.165) is 31.3 Å². The number of carboxylic acids is 1. The van der Waals surface area contributed by atoms with E-state index in [2.05, 4.69) is 26.8 Å². The molecule has 0 bridgehead atoms. The van der Waals surface area contributed by atoms with Crippen LogP contribution in [-0.2, 0) is 9.59 Å². The number of rotatable bonds is 2. The number of Topliss-reactive ketones (excluding diaryl/α,β-unsaturated/α-hetero) is 1. The van der Waals surface area contributed by atoms with Gasteiger partial charge in [-0.3, -0.25) is 9.59 Å². The van der Waals surface area contributed by atoms with Crippen molar-refractivity contribution in [2.75, 3.05) is 0 Å². The molecule has 4 fully saturated rings. The number of allylic oxidation sites excluding steroid dienone is 2. The molecule has 1 N–H and O–H groups in total. The van der Waals surface area contributed by atoms with Crippen LogP contribution in [0.1, 0.15) is 92.9 Å². The molecule has 4 aliphatic rings. The first-order chi connectivity index (χ1) is 13.8. The molecule has 0 aromatic carbocycles. The molecule has 164 valence electrons. The van der Waals surface area contributed by atoms with E-state index < -0.39 is 5.97 Å². The highest BCUT2D eigenvalue weighted by Gasteiger charge is 2.64. The molecule has 4 rings (SSSR count). The zero-order valence-corrected chi connectivity index (χ0v) is 19.5. The summed E-state index contributed by atoms with van der Waals surface area (Å²) in [5.41, 5.74) is 1.37. The molecule has 0 heterocycles. The number of aliphatic carboxylic acids is 1. The molecule has 7 unspecified atom stereocenters. The van der Waals surface area contributed by atoms with Gasteiger partial charge >= 0.3 is 5.97 Å². The molecular weight excluding hydrogens is 360 g/mol. The highest BCUT2D eigenvalue weighted by atomic mass is 16.4. The minimum absolute atomic E-state index is 0.00531. The summed E-state index contributed by atoms with van der Waals surface area (Å²) < 4.78 is 0. The Labute approximate surface area is 177 Å². The van der Waals surface area contributed by atoms with E-state index in [9.17, 15) is 14.7 Å². The molecule has 29 heavy (non-hydrogen) atoms. The van der Waals surface area contributed by atoms with Crippen molar-refractivity contribution in [1.82, 2.24) is 0 Å². The number of fused-ring (bicyclic) bond motifs is 5. The SMILES string of the molecule is C/C=C1/C(=O)C2C(CCC3(C)C2CCC3[C@H](C)C(=O)O)C2(C)CCCCC12.CC. The predicted molar refractivity (Wildman–Crippen MR) is 118 cm³/mol. The molecule has 3 heteroatoms. The quantitative estimate of drug-likeness (QED) is 0.535. The highest BCUT2D eigenvalue weighted by molar-refractivity contribution is 5.99. The maximum absolute atomic E-state index is 13.7. The van der Waals surface area contributed by atoms with Gasteiger partial charge in [0.15, 0.2) is 5.78 Å². The molecule has 0 amide bonds. The first-order valence-corrected chi connectivity index (χ1v) is 12.2. The summed E-state index contributed by atoms with van der Waals surface area (Å²) in [6, 6.07) is 0. The zero-order chi connectivity index (χ0) is 21.6. The van der Waals surface area contributed by atoms with Crippen LogP contribution in [0.5, 0.6) is 0 Å². The molecule has 0 aromatic heterocycles. The van der Waals surface area contributed by atoms with Crippen LogP contribution in [0.15, 0.2) is 11.6 Å². The first-order valence-electron chi connectivity index (χ1n) is 12.2. The third kappa shape index (κ3) is 3.22. The molecule has 0 aromatic rings. The Morgan fingerprint density at radius 1 is 1.03 bits per heavy atom. The van der Waals surface area contributed by atoms with Gasteiger partial charge in [-0.15, -0.1) is 0 Å². The number of carbonyl (C=O) groups is 2. The van der Waals surface area contributed by atoms with Crippen molar-refractivity contribution in [1.29, 1.82) is 0 Å². The van der Waals surface area contributed by atoms with Crippen molar-refractivity contribution >= 4 is 11.8 Å². The lowest BCUT2D eigenvalue weighted by molar-refractivity contribution is -0.151. The minimum atomic E-state index is -0.674. The fourth-order valence-electron chi connectivity index (χ4n) is 8.30. The molecule has 0 saturated heterocycles. The lowest BCUT2D eigenvalue weighted by atomic mass is 9.43. The van der Waals surface area contributed by atoms with Gasteiger partial charge in [0, 0.05) is 5.92 Å². The summed E-state index contributed by atoms with van der Waals surface area (Å²) in [4.78, 5) is 25.4. The fraction of sp³-hybridized carbons (Fsp3) is 0.846. The second-order valence-electron chi connectivity index (χ2n) is 10.5. The Bertz CT molecular complexity index is 679. The summed E-state index contributed by atoms with van der Waals surface area (Å²) in [5.74, 6) is 1.08. The molecule has 4 aliphatic carbocycles. The summed E-state index contributed by atoms with van der Waals surface area (Å²) in [6.45, 7) is 12.7. The first kappa shape index (κ1) is 22.6. The minimum Gasteiger partial charge on any atom is -0.481 e. The van der Waals surface area contributed by atoms with Gasteiger partial charge < -0.3 is 5.11 Å². The number of hydrogen-bond donors (Lipinski definition) is 1. The summed E-state index contributed by atoms with van der Waals surface area (Å²) in [7, 11) is 0. The Morgan fingerprint density at radius 3 is 2.31 bits per heavy atom. The summed E-state index contributed by atoms with van der Waals surface area (Å²) >= 11 is 0. The van der Waals surface area contributed by atoms with Crippen LogP contribution in [0.2, 0.25) is 0 Å². The highest BCUT2D eigenvalue weighted by Crippen LogP contribution is 2.68. The van der Waals surface area contributed by atoms with E-state index in [1.807, 2.05) is 20.8 Å². The predicted octanol–water partition coefficient (Wildman–Crippen LogP) is 6.52. The van der Waals surface area contributed by atoms with E-state index in [1.54, 1.807) is 0 Å². The molecule has 0 aliphatic heterocycles. The monoisotopic (exact) mass is 402 g/mol. The number of carbonyl (C=O) groups excluding carboxylic acids is 1. The smallest absolute Gasteiger partial charge is 0.306 e. The average Bonchev–Trinajstić information content (AvgIpc) is 3.06. The lowest BCUT2D eigenvalue weighted by Crippen LogP contribution is -2.57. The zero-order valence-electron chi connectivity index (χ0n) is 19.5. The Balaban J connectivity index is 0.00000117. The Kier molecular flexibility index (Phi) is 6.37. The van der Waals surface area contributed by atoms with Gasteiger partial charge in [0.25, 0.3) is 0 Å². The van der Waals surface area contributed by atoms with Crippen molar-refractivity contribution in [3.63, 3.8) is 0 Å². The molecule has 0 radical (unpaired) electrons. The molecule has 4 saturated carbocycles. The van der Waals surface area contributed by atoms with Gasteiger partial charge in [0.2, 0.25) is 0 Å². The second kappa shape index (κ2) is 8.19. The van der Waals surface area contributed by atoms with Crippen LogP contribution in [0.3, 0.4) is 0 Å². The standard InChI is InChI=1S/C24H36O3.C2H6/c1-5-15-17-8-6-7-12-23(17,3)19-11-13-24(4)16(14(2)22(26)27)9-10-18(24)20(19)21(15)25;1-2/h5,14,16-20H,6-13H2,1-4H3,(H,26,27);1-2H3/b15-5+;/t14-,16?,17?,18?,19?,20?,23?,24?;/m0./s1. The van der Waals surface area contributed by atoms with Gasteiger partial charge in [0.05, 0.1) is 5.92 Å². The van der Waals surface area contributed by atoms with Crippen molar-refractivity contribution in [3.05, 3.63) is 11.6 Å². The lowest BCUT2D eigenvalue weighted by Gasteiger charge is -2.60. The van der Waals surface area contributed by atoms with E-state index in [0.29, 0.717) is 23.5 Å². The van der Waals surface area contributed by atoms with Gasteiger partial charge in [-0.2, -0.15) is 0 Å². The van der Waals surface area contributed by atoms with Crippen LogP contribution in [0.4, 0.5) is 0 Å². The van der Waals surface area contributed by atoms with Crippen LogP contribution >= 0.6 is 0 Å².